The maximum absolute atomic E-state index is 12.9. The summed E-state index contributed by atoms with van der Waals surface area (Å²) in [5.74, 6) is 0.128. The number of hydrogen-bond donors (Lipinski definition) is 0. The van der Waals surface area contributed by atoms with Gasteiger partial charge in [-0.1, -0.05) is 6.07 Å². The lowest BCUT2D eigenvalue weighted by Crippen LogP contribution is -2.48. The van der Waals surface area contributed by atoms with Gasteiger partial charge in [-0.15, -0.1) is 0 Å². The van der Waals surface area contributed by atoms with Gasteiger partial charge < -0.3 is 14.5 Å². The van der Waals surface area contributed by atoms with Crippen LogP contribution in [0.4, 0.5) is 5.69 Å². The highest BCUT2D eigenvalue weighted by molar-refractivity contribution is 5.94. The van der Waals surface area contributed by atoms with Crippen molar-refractivity contribution in [1.82, 2.24) is 14.8 Å². The van der Waals surface area contributed by atoms with Gasteiger partial charge in [-0.25, -0.2) is 0 Å². The minimum atomic E-state index is 0.128. The van der Waals surface area contributed by atoms with Crippen molar-refractivity contribution in [3.63, 3.8) is 0 Å². The number of nitrogens with zero attached hydrogens (tertiary/aromatic N) is 4. The fourth-order valence-electron chi connectivity index (χ4n) is 4.01. The summed E-state index contributed by atoms with van der Waals surface area (Å²) in [5.41, 5.74) is 3.15. The highest BCUT2D eigenvalue weighted by Gasteiger charge is 2.24. The van der Waals surface area contributed by atoms with Crippen LogP contribution in [-0.2, 0) is 11.3 Å². The van der Waals surface area contributed by atoms with Gasteiger partial charge in [0.25, 0.3) is 5.91 Å². The summed E-state index contributed by atoms with van der Waals surface area (Å²) in [6, 6.07) is 12.1. The van der Waals surface area contributed by atoms with Crippen LogP contribution in [0.1, 0.15) is 22.3 Å². The zero-order chi connectivity index (χ0) is 19.3. The van der Waals surface area contributed by atoms with Crippen molar-refractivity contribution >= 4 is 11.6 Å². The van der Waals surface area contributed by atoms with Crippen molar-refractivity contribution in [2.45, 2.75) is 19.1 Å². The van der Waals surface area contributed by atoms with Crippen molar-refractivity contribution in [3.8, 4) is 0 Å². The SMILES string of the molecule is COC1CCN(c2ccc(C(=O)N3CCN(Cc4cccnc4)CC3)cc2)C1. The lowest BCUT2D eigenvalue weighted by Gasteiger charge is -2.34. The first-order valence-electron chi connectivity index (χ1n) is 10.0. The summed E-state index contributed by atoms with van der Waals surface area (Å²) in [7, 11) is 1.77. The van der Waals surface area contributed by atoms with Crippen LogP contribution in [0.5, 0.6) is 0 Å². The number of rotatable bonds is 5. The number of carbonyl (C=O) groups excluding carboxylic acids is 1. The molecule has 2 fully saturated rings. The summed E-state index contributed by atoms with van der Waals surface area (Å²) < 4.78 is 5.44. The molecule has 148 valence electrons. The van der Waals surface area contributed by atoms with Crippen molar-refractivity contribution in [2.24, 2.45) is 0 Å². The Morgan fingerprint density at radius 3 is 2.54 bits per heavy atom. The molecule has 0 radical (unpaired) electrons. The average Bonchev–Trinajstić information content (AvgIpc) is 3.24. The minimum Gasteiger partial charge on any atom is -0.380 e. The van der Waals surface area contributed by atoms with E-state index in [2.05, 4.69) is 33.0 Å². The van der Waals surface area contributed by atoms with Gasteiger partial charge in [-0.3, -0.25) is 14.7 Å². The molecule has 0 spiro atoms. The van der Waals surface area contributed by atoms with Gasteiger partial charge in [0, 0.05) is 76.6 Å². The number of benzene rings is 1. The molecule has 2 saturated heterocycles. The van der Waals surface area contributed by atoms with Crippen LogP contribution in [-0.4, -0.2) is 73.2 Å². The fourth-order valence-corrected chi connectivity index (χ4v) is 4.01. The summed E-state index contributed by atoms with van der Waals surface area (Å²) >= 11 is 0. The largest absolute Gasteiger partial charge is 0.380 e. The zero-order valence-corrected chi connectivity index (χ0v) is 16.5. The van der Waals surface area contributed by atoms with E-state index < -0.39 is 0 Å². The predicted octanol–water partition coefficient (Wildman–Crippen LogP) is 2.26. The molecule has 0 bridgehead atoms. The summed E-state index contributed by atoms with van der Waals surface area (Å²) in [4.78, 5) is 23.7. The molecule has 1 unspecified atom stereocenters. The van der Waals surface area contributed by atoms with Gasteiger partial charge in [0.2, 0.25) is 0 Å². The van der Waals surface area contributed by atoms with Crippen molar-refractivity contribution < 1.29 is 9.53 Å². The molecule has 2 aromatic rings. The standard InChI is InChI=1S/C22H28N4O2/c1-28-21-8-10-26(17-21)20-6-4-19(5-7-20)22(27)25-13-11-24(12-14-25)16-18-3-2-9-23-15-18/h2-7,9,15,21H,8,10-14,16-17H2,1H3. The molecule has 0 aliphatic carbocycles. The third kappa shape index (κ3) is 4.34. The summed E-state index contributed by atoms with van der Waals surface area (Å²) in [5, 5.41) is 0. The van der Waals surface area contributed by atoms with E-state index in [-0.39, 0.29) is 5.91 Å². The second kappa shape index (κ2) is 8.71. The Kier molecular flexibility index (Phi) is 5.88. The lowest BCUT2D eigenvalue weighted by molar-refractivity contribution is 0.0628. The molecule has 1 atom stereocenters. The first-order valence-corrected chi connectivity index (χ1v) is 10.0. The van der Waals surface area contributed by atoms with Crippen LogP contribution in [0, 0.1) is 0 Å². The van der Waals surface area contributed by atoms with Crippen LogP contribution in [0.3, 0.4) is 0 Å². The number of piperazine rings is 1. The number of amides is 1. The Labute approximate surface area is 166 Å². The molecule has 2 aliphatic rings. The maximum atomic E-state index is 12.9. The summed E-state index contributed by atoms with van der Waals surface area (Å²) in [6.07, 6.45) is 5.07. The van der Waals surface area contributed by atoms with Gasteiger partial charge >= 0.3 is 0 Å². The molecule has 0 saturated carbocycles. The van der Waals surface area contributed by atoms with E-state index in [9.17, 15) is 4.79 Å². The smallest absolute Gasteiger partial charge is 0.253 e. The second-order valence-corrected chi connectivity index (χ2v) is 7.57. The van der Waals surface area contributed by atoms with Crippen molar-refractivity contribution in [2.75, 3.05) is 51.3 Å². The van der Waals surface area contributed by atoms with Crippen LogP contribution >= 0.6 is 0 Å². The van der Waals surface area contributed by atoms with E-state index in [4.69, 9.17) is 4.74 Å². The van der Waals surface area contributed by atoms with Gasteiger partial charge in [0.1, 0.15) is 0 Å². The molecule has 2 aliphatic heterocycles. The van der Waals surface area contributed by atoms with Crippen LogP contribution in [0.2, 0.25) is 0 Å². The van der Waals surface area contributed by atoms with E-state index in [0.29, 0.717) is 6.10 Å². The first kappa shape index (κ1) is 18.9. The molecule has 6 nitrogen and oxygen atoms in total. The number of pyridine rings is 1. The average molecular weight is 380 g/mol. The molecule has 6 heteroatoms. The number of anilines is 1. The normalized spacial score (nSPS) is 20.5. The molecule has 3 heterocycles. The van der Waals surface area contributed by atoms with Gasteiger partial charge in [0.05, 0.1) is 6.10 Å². The molecule has 28 heavy (non-hydrogen) atoms. The zero-order valence-electron chi connectivity index (χ0n) is 16.5. The Morgan fingerprint density at radius 2 is 1.89 bits per heavy atom. The molecular formula is C22H28N4O2. The maximum Gasteiger partial charge on any atom is 0.253 e. The van der Waals surface area contributed by atoms with E-state index >= 15 is 0 Å². The second-order valence-electron chi connectivity index (χ2n) is 7.57. The van der Waals surface area contributed by atoms with Crippen molar-refractivity contribution in [3.05, 3.63) is 59.9 Å². The number of aromatic nitrogens is 1. The number of hydrogen-bond acceptors (Lipinski definition) is 5. The molecular weight excluding hydrogens is 352 g/mol. The minimum absolute atomic E-state index is 0.128. The monoisotopic (exact) mass is 380 g/mol. The third-order valence-electron chi connectivity index (χ3n) is 5.75. The molecule has 1 amide bonds. The highest BCUT2D eigenvalue weighted by Crippen LogP contribution is 2.22. The predicted molar refractivity (Wildman–Crippen MR) is 109 cm³/mol. The van der Waals surface area contributed by atoms with E-state index in [1.165, 1.54) is 5.56 Å². The van der Waals surface area contributed by atoms with Crippen molar-refractivity contribution in [1.29, 1.82) is 0 Å². The fraction of sp³-hybridized carbons (Fsp3) is 0.455. The van der Waals surface area contributed by atoms with Gasteiger partial charge in [-0.2, -0.15) is 0 Å². The third-order valence-corrected chi connectivity index (χ3v) is 5.75. The van der Waals surface area contributed by atoms with E-state index in [0.717, 1.165) is 63.5 Å². The van der Waals surface area contributed by atoms with Crippen LogP contribution in [0.25, 0.3) is 0 Å². The van der Waals surface area contributed by atoms with Crippen LogP contribution < -0.4 is 4.90 Å². The van der Waals surface area contributed by atoms with Gasteiger partial charge in [0.15, 0.2) is 0 Å². The highest BCUT2D eigenvalue weighted by atomic mass is 16.5. The molecule has 4 rings (SSSR count). The lowest BCUT2D eigenvalue weighted by atomic mass is 10.1. The summed E-state index contributed by atoms with van der Waals surface area (Å²) in [6.45, 7) is 6.14. The molecule has 1 aromatic carbocycles. The van der Waals surface area contributed by atoms with E-state index in [1.807, 2.05) is 29.3 Å². The Hall–Kier alpha value is -2.44. The topological polar surface area (TPSA) is 48.9 Å². The Morgan fingerprint density at radius 1 is 1.11 bits per heavy atom. The van der Waals surface area contributed by atoms with Gasteiger partial charge in [-0.05, 0) is 42.3 Å². The number of ether oxygens (including phenoxy) is 1. The van der Waals surface area contributed by atoms with Crippen LogP contribution in [0.15, 0.2) is 48.8 Å². The molecule has 0 N–H and O–H groups in total. The first-order chi connectivity index (χ1) is 13.7. The Balaban J connectivity index is 1.30. The number of carbonyl (C=O) groups is 1. The Bertz CT molecular complexity index is 773. The van der Waals surface area contributed by atoms with E-state index in [1.54, 1.807) is 13.3 Å². The quantitative estimate of drug-likeness (QED) is 0.796. The number of methoxy groups -OCH3 is 1. The molecule has 1 aromatic heterocycles.